The highest BCUT2D eigenvalue weighted by atomic mass is 35.7. The molecule has 1 aromatic carbocycles. The molecule has 0 aliphatic carbocycles. The second-order valence-corrected chi connectivity index (χ2v) is 6.95. The fraction of sp³-hybridized carbons (Fsp3) is 0.364. The van der Waals surface area contributed by atoms with Crippen molar-refractivity contribution >= 4 is 25.8 Å². The van der Waals surface area contributed by atoms with Crippen molar-refractivity contribution in [2.45, 2.75) is 11.9 Å². The Bertz CT molecular complexity index is 525. The van der Waals surface area contributed by atoms with Gasteiger partial charge in [-0.1, -0.05) is 30.3 Å². The third kappa shape index (κ3) is 3.14. The average Bonchev–Trinajstić information content (AvgIpc) is 2.24. The van der Waals surface area contributed by atoms with E-state index in [-0.39, 0.29) is 19.7 Å². The molecule has 1 aliphatic heterocycles. The standard InChI is InChI=1S/C11H12ClNO4S/c12-18(15,16)10-6-13(7-10)11(14)17-8-9-4-2-1-3-5-9/h1-5,10H,6-8H2. The van der Waals surface area contributed by atoms with Crippen molar-refractivity contribution in [3.05, 3.63) is 35.9 Å². The maximum absolute atomic E-state index is 11.5. The first-order valence-electron chi connectivity index (χ1n) is 5.36. The molecule has 0 bridgehead atoms. The van der Waals surface area contributed by atoms with E-state index in [1.54, 1.807) is 0 Å². The van der Waals surface area contributed by atoms with Gasteiger partial charge in [-0.2, -0.15) is 0 Å². The highest BCUT2D eigenvalue weighted by Crippen LogP contribution is 2.20. The van der Waals surface area contributed by atoms with Crippen LogP contribution in [0.4, 0.5) is 4.79 Å². The van der Waals surface area contributed by atoms with E-state index in [0.29, 0.717) is 0 Å². The first-order valence-corrected chi connectivity index (χ1v) is 7.73. The van der Waals surface area contributed by atoms with Crippen molar-refractivity contribution in [2.24, 2.45) is 0 Å². The molecule has 1 fully saturated rings. The quantitative estimate of drug-likeness (QED) is 0.793. The molecular formula is C11H12ClNO4S. The number of carbonyl (C=O) groups is 1. The fourth-order valence-electron chi connectivity index (χ4n) is 1.58. The van der Waals surface area contributed by atoms with E-state index in [1.165, 1.54) is 4.90 Å². The summed E-state index contributed by atoms with van der Waals surface area (Å²) < 4.78 is 26.9. The van der Waals surface area contributed by atoms with E-state index in [0.717, 1.165) is 5.56 Å². The van der Waals surface area contributed by atoms with Crippen molar-refractivity contribution in [1.29, 1.82) is 0 Å². The van der Waals surface area contributed by atoms with Gasteiger partial charge in [-0.3, -0.25) is 0 Å². The van der Waals surface area contributed by atoms with Gasteiger partial charge in [0.05, 0.1) is 0 Å². The van der Waals surface area contributed by atoms with Crippen LogP contribution in [-0.2, 0) is 20.4 Å². The molecule has 1 amide bonds. The minimum atomic E-state index is -3.58. The van der Waals surface area contributed by atoms with Crippen LogP contribution in [0.15, 0.2) is 30.3 Å². The van der Waals surface area contributed by atoms with Crippen LogP contribution in [0, 0.1) is 0 Å². The van der Waals surface area contributed by atoms with Crippen LogP contribution < -0.4 is 0 Å². The predicted octanol–water partition coefficient (Wildman–Crippen LogP) is 1.58. The number of amides is 1. The molecule has 2 rings (SSSR count). The minimum absolute atomic E-state index is 0.0967. The zero-order chi connectivity index (χ0) is 13.2. The number of carbonyl (C=O) groups excluding carboxylic acids is 1. The Kier molecular flexibility index (Phi) is 3.77. The smallest absolute Gasteiger partial charge is 0.410 e. The molecule has 0 spiro atoms. The summed E-state index contributed by atoms with van der Waals surface area (Å²) >= 11 is 0. The van der Waals surface area contributed by atoms with Crippen molar-refractivity contribution in [2.75, 3.05) is 13.1 Å². The predicted molar refractivity (Wildman–Crippen MR) is 66.8 cm³/mol. The largest absolute Gasteiger partial charge is 0.445 e. The average molecular weight is 290 g/mol. The number of benzene rings is 1. The summed E-state index contributed by atoms with van der Waals surface area (Å²) in [6.45, 7) is 0.368. The molecule has 98 valence electrons. The number of halogens is 1. The number of nitrogens with zero attached hydrogens (tertiary/aromatic N) is 1. The maximum Gasteiger partial charge on any atom is 0.410 e. The Morgan fingerprint density at radius 3 is 2.50 bits per heavy atom. The second-order valence-electron chi connectivity index (χ2n) is 4.04. The second kappa shape index (κ2) is 5.16. The van der Waals surface area contributed by atoms with E-state index >= 15 is 0 Å². The van der Waals surface area contributed by atoms with Crippen LogP contribution in [0.2, 0.25) is 0 Å². The highest BCUT2D eigenvalue weighted by Gasteiger charge is 2.39. The Morgan fingerprint density at radius 1 is 1.33 bits per heavy atom. The molecule has 7 heteroatoms. The zero-order valence-corrected chi connectivity index (χ0v) is 11.0. The Labute approximate surface area is 110 Å². The first-order chi connectivity index (χ1) is 8.47. The topological polar surface area (TPSA) is 63.7 Å². The minimum Gasteiger partial charge on any atom is -0.445 e. The summed E-state index contributed by atoms with van der Waals surface area (Å²) in [5, 5.41) is -0.677. The number of hydrogen-bond acceptors (Lipinski definition) is 4. The maximum atomic E-state index is 11.5. The van der Waals surface area contributed by atoms with Gasteiger partial charge in [-0.15, -0.1) is 0 Å². The molecule has 0 saturated carbocycles. The van der Waals surface area contributed by atoms with Crippen LogP contribution in [0.5, 0.6) is 0 Å². The van der Waals surface area contributed by atoms with Crippen LogP contribution >= 0.6 is 10.7 Å². The molecule has 0 radical (unpaired) electrons. The molecule has 1 heterocycles. The molecule has 0 N–H and O–H groups in total. The highest BCUT2D eigenvalue weighted by molar-refractivity contribution is 8.14. The van der Waals surface area contributed by atoms with Crippen LogP contribution in [0.25, 0.3) is 0 Å². The van der Waals surface area contributed by atoms with E-state index in [2.05, 4.69) is 0 Å². The van der Waals surface area contributed by atoms with Gasteiger partial charge in [0.15, 0.2) is 0 Å². The van der Waals surface area contributed by atoms with Crippen molar-refractivity contribution < 1.29 is 17.9 Å². The molecule has 1 aliphatic rings. The lowest BCUT2D eigenvalue weighted by Crippen LogP contribution is -2.55. The molecule has 18 heavy (non-hydrogen) atoms. The van der Waals surface area contributed by atoms with Gasteiger partial charge < -0.3 is 9.64 Å². The normalized spacial score (nSPS) is 16.2. The van der Waals surface area contributed by atoms with Gasteiger partial charge in [-0.25, -0.2) is 13.2 Å². The first kappa shape index (κ1) is 13.2. The number of likely N-dealkylation sites (tertiary alicyclic amines) is 1. The lowest BCUT2D eigenvalue weighted by Gasteiger charge is -2.35. The van der Waals surface area contributed by atoms with Crippen molar-refractivity contribution in [1.82, 2.24) is 4.90 Å². The molecule has 5 nitrogen and oxygen atoms in total. The lowest BCUT2D eigenvalue weighted by molar-refractivity contribution is 0.0770. The molecule has 0 atom stereocenters. The third-order valence-electron chi connectivity index (χ3n) is 2.71. The third-order valence-corrected chi connectivity index (χ3v) is 4.56. The van der Waals surface area contributed by atoms with E-state index in [1.807, 2.05) is 30.3 Å². The summed E-state index contributed by atoms with van der Waals surface area (Å²) in [5.41, 5.74) is 0.882. The summed E-state index contributed by atoms with van der Waals surface area (Å²) in [7, 11) is 1.59. The molecular weight excluding hydrogens is 278 g/mol. The number of hydrogen-bond donors (Lipinski definition) is 0. The van der Waals surface area contributed by atoms with Gasteiger partial charge in [0.25, 0.3) is 0 Å². The summed E-state index contributed by atoms with van der Waals surface area (Å²) in [6, 6.07) is 9.26. The van der Waals surface area contributed by atoms with E-state index < -0.39 is 20.4 Å². The molecule has 0 unspecified atom stereocenters. The van der Waals surface area contributed by atoms with Gasteiger partial charge in [0.2, 0.25) is 9.05 Å². The summed E-state index contributed by atoms with van der Waals surface area (Å²) in [6.07, 6.45) is -0.518. The van der Waals surface area contributed by atoms with Crippen molar-refractivity contribution in [3.63, 3.8) is 0 Å². The van der Waals surface area contributed by atoms with Gasteiger partial charge in [0, 0.05) is 23.8 Å². The molecule has 0 aromatic heterocycles. The SMILES string of the molecule is O=C(OCc1ccccc1)N1CC(S(=O)(=O)Cl)C1. The summed E-state index contributed by atoms with van der Waals surface area (Å²) in [4.78, 5) is 12.8. The zero-order valence-electron chi connectivity index (χ0n) is 9.45. The van der Waals surface area contributed by atoms with Gasteiger partial charge in [-0.05, 0) is 5.56 Å². The van der Waals surface area contributed by atoms with E-state index in [4.69, 9.17) is 15.4 Å². The van der Waals surface area contributed by atoms with Crippen LogP contribution in [-0.4, -0.2) is 37.8 Å². The van der Waals surface area contributed by atoms with Crippen LogP contribution in [0.3, 0.4) is 0 Å². The Hall–Kier alpha value is -1.27. The number of rotatable bonds is 3. The lowest BCUT2D eigenvalue weighted by atomic mass is 10.2. The molecule has 1 aromatic rings. The summed E-state index contributed by atoms with van der Waals surface area (Å²) in [5.74, 6) is 0. The van der Waals surface area contributed by atoms with Gasteiger partial charge >= 0.3 is 6.09 Å². The fourth-order valence-corrected chi connectivity index (χ4v) is 2.63. The van der Waals surface area contributed by atoms with E-state index in [9.17, 15) is 13.2 Å². The van der Waals surface area contributed by atoms with Gasteiger partial charge in [0.1, 0.15) is 11.9 Å². The number of ether oxygens (including phenoxy) is 1. The van der Waals surface area contributed by atoms with Crippen LogP contribution in [0.1, 0.15) is 5.56 Å². The monoisotopic (exact) mass is 289 g/mol. The molecule has 1 saturated heterocycles. The van der Waals surface area contributed by atoms with Crippen molar-refractivity contribution in [3.8, 4) is 0 Å². The Morgan fingerprint density at radius 2 is 1.94 bits per heavy atom. The Balaban J connectivity index is 1.78.